The van der Waals surface area contributed by atoms with Crippen molar-refractivity contribution in [3.05, 3.63) is 57.8 Å². The molecule has 1 amide bonds. The zero-order valence-corrected chi connectivity index (χ0v) is 17.9. The number of hydrogen-bond donors (Lipinski definition) is 0. The van der Waals surface area contributed by atoms with Crippen LogP contribution < -0.4 is 4.74 Å². The Kier molecular flexibility index (Phi) is 6.80. The maximum Gasteiger partial charge on any atom is 0.282 e. The van der Waals surface area contributed by atoms with Crippen molar-refractivity contribution in [1.29, 1.82) is 0 Å². The Labute approximate surface area is 181 Å². The Morgan fingerprint density at radius 2 is 2.00 bits per heavy atom. The van der Waals surface area contributed by atoms with Crippen molar-refractivity contribution < 1.29 is 23.1 Å². The van der Waals surface area contributed by atoms with E-state index in [1.165, 1.54) is 20.4 Å². The van der Waals surface area contributed by atoms with Crippen LogP contribution in [-0.4, -0.2) is 40.5 Å². The molecule has 0 aliphatic rings. The van der Waals surface area contributed by atoms with Crippen molar-refractivity contribution in [2.75, 3.05) is 13.7 Å². The van der Waals surface area contributed by atoms with Crippen LogP contribution in [0.5, 0.6) is 5.75 Å². The summed E-state index contributed by atoms with van der Waals surface area (Å²) in [6, 6.07) is 8.50. The molecule has 10 heteroatoms. The summed E-state index contributed by atoms with van der Waals surface area (Å²) in [7, 11) is 2.72. The molecular formula is C20H19Cl2F2N3O3. The molecule has 0 aliphatic carbocycles. The van der Waals surface area contributed by atoms with Crippen LogP contribution >= 0.6 is 23.2 Å². The van der Waals surface area contributed by atoms with Gasteiger partial charge < -0.3 is 4.74 Å². The summed E-state index contributed by atoms with van der Waals surface area (Å²) in [5.41, 5.74) is -0.860. The lowest BCUT2D eigenvalue weighted by Crippen LogP contribution is -2.41. The number of amides is 1. The number of aromatic nitrogens is 2. The third kappa shape index (κ3) is 4.35. The van der Waals surface area contributed by atoms with Gasteiger partial charge in [0, 0.05) is 18.6 Å². The fourth-order valence-corrected chi connectivity index (χ4v) is 3.71. The van der Waals surface area contributed by atoms with E-state index < -0.39 is 24.1 Å². The molecule has 30 heavy (non-hydrogen) atoms. The van der Waals surface area contributed by atoms with Crippen LogP contribution in [0, 0.1) is 0 Å². The van der Waals surface area contributed by atoms with Crippen LogP contribution in [0.25, 0.3) is 10.8 Å². The van der Waals surface area contributed by atoms with Crippen molar-refractivity contribution in [2.45, 2.75) is 19.4 Å². The Morgan fingerprint density at radius 1 is 1.30 bits per heavy atom. The second-order valence-electron chi connectivity index (χ2n) is 6.60. The molecule has 6 nitrogen and oxygen atoms in total. The van der Waals surface area contributed by atoms with Gasteiger partial charge in [-0.2, -0.15) is 5.10 Å². The van der Waals surface area contributed by atoms with Crippen molar-refractivity contribution in [3.8, 4) is 5.75 Å². The lowest BCUT2D eigenvalue weighted by Gasteiger charge is -2.26. The second-order valence-corrected chi connectivity index (χ2v) is 7.38. The number of carbonyl (C=O) groups is 1. The first kappa shape index (κ1) is 22.3. The minimum Gasteiger partial charge on any atom is -0.488 e. The van der Waals surface area contributed by atoms with Gasteiger partial charge in [-0.05, 0) is 18.4 Å². The first-order chi connectivity index (χ1) is 14.2. The minimum atomic E-state index is -2.90. The molecule has 0 aliphatic heterocycles. The minimum absolute atomic E-state index is 0.0400. The van der Waals surface area contributed by atoms with Gasteiger partial charge in [-0.25, -0.2) is 13.8 Å². The number of ether oxygens (including phenoxy) is 1. The lowest BCUT2D eigenvalue weighted by molar-refractivity contribution is -0.126. The van der Waals surface area contributed by atoms with E-state index in [0.29, 0.717) is 10.0 Å². The summed E-state index contributed by atoms with van der Waals surface area (Å²) in [6.07, 6.45) is -1.67. The average molecular weight is 458 g/mol. The zero-order valence-electron chi connectivity index (χ0n) is 16.4. The van der Waals surface area contributed by atoms with E-state index in [1.54, 1.807) is 13.0 Å². The van der Waals surface area contributed by atoms with Crippen LogP contribution in [0.4, 0.5) is 8.78 Å². The van der Waals surface area contributed by atoms with Crippen molar-refractivity contribution in [3.63, 3.8) is 0 Å². The molecule has 0 saturated carbocycles. The second kappa shape index (κ2) is 9.16. The van der Waals surface area contributed by atoms with Gasteiger partial charge in [0.2, 0.25) is 0 Å². The first-order valence-electron chi connectivity index (χ1n) is 8.93. The Bertz CT molecular complexity index is 1070. The standard InChI is InChI=1S/C20H19Cl2F2N3O3/c1-11(27(29-3)20(28)14-9-26(2)25-17(14)19(23)24)10-30-18-15(21)8-12-6-4-5-7-13(12)16(18)22/h4-9,11,19H,10H2,1-3H3. The van der Waals surface area contributed by atoms with E-state index in [9.17, 15) is 13.6 Å². The topological polar surface area (TPSA) is 56.6 Å². The van der Waals surface area contributed by atoms with Crippen LogP contribution in [0.3, 0.4) is 0 Å². The van der Waals surface area contributed by atoms with Crippen molar-refractivity contribution in [2.24, 2.45) is 7.05 Å². The molecule has 1 atom stereocenters. The van der Waals surface area contributed by atoms with Crippen LogP contribution in [0.1, 0.15) is 29.4 Å². The maximum atomic E-state index is 13.2. The summed E-state index contributed by atoms with van der Waals surface area (Å²) < 4.78 is 33.4. The number of hydrogen-bond acceptors (Lipinski definition) is 4. The Morgan fingerprint density at radius 3 is 2.67 bits per heavy atom. The summed E-state index contributed by atoms with van der Waals surface area (Å²) in [4.78, 5) is 17.9. The van der Waals surface area contributed by atoms with Crippen molar-refractivity contribution >= 4 is 39.9 Å². The smallest absolute Gasteiger partial charge is 0.282 e. The van der Waals surface area contributed by atoms with Gasteiger partial charge in [0.25, 0.3) is 12.3 Å². The number of carbonyl (C=O) groups excluding carboxylic acids is 1. The number of halogens is 4. The van der Waals surface area contributed by atoms with Gasteiger partial charge in [0.15, 0.2) is 5.75 Å². The third-order valence-electron chi connectivity index (χ3n) is 4.46. The van der Waals surface area contributed by atoms with E-state index in [-0.39, 0.29) is 17.9 Å². The average Bonchev–Trinajstić information content (AvgIpc) is 3.10. The molecule has 160 valence electrons. The van der Waals surface area contributed by atoms with E-state index in [4.69, 9.17) is 32.8 Å². The third-order valence-corrected chi connectivity index (χ3v) is 5.11. The van der Waals surface area contributed by atoms with E-state index in [1.807, 2.05) is 24.3 Å². The number of aryl methyl sites for hydroxylation is 1. The predicted molar refractivity (Wildman–Crippen MR) is 110 cm³/mol. The molecule has 0 spiro atoms. The van der Waals surface area contributed by atoms with Gasteiger partial charge in [-0.3, -0.25) is 14.3 Å². The first-order valence-corrected chi connectivity index (χ1v) is 9.69. The molecular weight excluding hydrogens is 439 g/mol. The highest BCUT2D eigenvalue weighted by Crippen LogP contribution is 2.39. The van der Waals surface area contributed by atoms with Crippen molar-refractivity contribution in [1.82, 2.24) is 14.8 Å². The Hall–Kier alpha value is -2.42. The fourth-order valence-electron chi connectivity index (χ4n) is 3.07. The number of benzene rings is 2. The molecule has 0 bridgehead atoms. The molecule has 1 heterocycles. The summed E-state index contributed by atoms with van der Waals surface area (Å²) >= 11 is 12.8. The highest BCUT2D eigenvalue weighted by atomic mass is 35.5. The fraction of sp³-hybridized carbons (Fsp3) is 0.300. The highest BCUT2D eigenvalue weighted by molar-refractivity contribution is 6.41. The molecule has 3 aromatic rings. The van der Waals surface area contributed by atoms with Crippen LogP contribution in [0.2, 0.25) is 10.0 Å². The Balaban J connectivity index is 1.80. The van der Waals surface area contributed by atoms with Gasteiger partial charge in [0.05, 0.1) is 28.8 Å². The van der Waals surface area contributed by atoms with Gasteiger partial charge in [0.1, 0.15) is 12.3 Å². The number of nitrogens with zero attached hydrogens (tertiary/aromatic N) is 3. The molecule has 1 unspecified atom stereocenters. The van der Waals surface area contributed by atoms with E-state index >= 15 is 0 Å². The highest BCUT2D eigenvalue weighted by Gasteiger charge is 2.30. The zero-order chi connectivity index (χ0) is 22.0. The van der Waals surface area contributed by atoms with Gasteiger partial charge in [-0.1, -0.05) is 47.5 Å². The molecule has 3 rings (SSSR count). The van der Waals surface area contributed by atoms with Crippen LogP contribution in [-0.2, 0) is 11.9 Å². The predicted octanol–water partition coefficient (Wildman–Crippen LogP) is 5.29. The number of rotatable bonds is 7. The number of fused-ring (bicyclic) bond motifs is 1. The molecule has 0 N–H and O–H groups in total. The van der Waals surface area contributed by atoms with Gasteiger partial charge in [-0.15, -0.1) is 0 Å². The van der Waals surface area contributed by atoms with E-state index in [2.05, 4.69) is 5.10 Å². The lowest BCUT2D eigenvalue weighted by atomic mass is 10.1. The molecule has 2 aromatic carbocycles. The SMILES string of the molecule is CON(C(=O)c1cn(C)nc1C(F)F)C(C)COc1c(Cl)cc2ccccc2c1Cl. The maximum absolute atomic E-state index is 13.2. The quantitative estimate of drug-likeness (QED) is 0.452. The normalized spacial score (nSPS) is 12.4. The summed E-state index contributed by atoms with van der Waals surface area (Å²) in [5, 5.41) is 6.88. The molecule has 0 fully saturated rings. The number of alkyl halides is 2. The van der Waals surface area contributed by atoms with Crippen LogP contribution in [0.15, 0.2) is 36.5 Å². The monoisotopic (exact) mass is 457 g/mol. The molecule has 0 radical (unpaired) electrons. The summed E-state index contributed by atoms with van der Waals surface area (Å²) in [6.45, 7) is 1.60. The molecule has 1 aromatic heterocycles. The van der Waals surface area contributed by atoms with Gasteiger partial charge >= 0.3 is 0 Å². The molecule has 0 saturated heterocycles. The summed E-state index contributed by atoms with van der Waals surface area (Å²) in [5.74, 6) is -0.491. The largest absolute Gasteiger partial charge is 0.488 e. The number of hydroxylamine groups is 2. The van der Waals surface area contributed by atoms with E-state index in [0.717, 1.165) is 20.5 Å².